The Bertz CT molecular complexity index is 57.9. The molecule has 0 aliphatic carbocycles. The Labute approximate surface area is 50.3 Å². The highest BCUT2D eigenvalue weighted by atomic mass is 16.5. The van der Waals surface area contributed by atoms with Crippen molar-refractivity contribution in [2.24, 2.45) is 5.73 Å². The largest absolute Gasteiger partial charge is 0.633 e. The summed E-state index contributed by atoms with van der Waals surface area (Å²) in [5.74, 6) is 0. The summed E-state index contributed by atoms with van der Waals surface area (Å²) in [7, 11) is 3.24. The molecular formula is C5H14N2O. The average Bonchev–Trinajstić information content (AvgIpc) is 1.59. The lowest BCUT2D eigenvalue weighted by atomic mass is 10.4. The predicted molar refractivity (Wildman–Crippen MR) is 34.0 cm³/mol. The van der Waals surface area contributed by atoms with Gasteiger partial charge in [-0.2, -0.15) is 0 Å². The maximum Gasteiger partial charge on any atom is 0.0792 e. The minimum atomic E-state index is -0.225. The summed E-state index contributed by atoms with van der Waals surface area (Å²) in [6.07, 6.45) is 0.816. The van der Waals surface area contributed by atoms with Crippen LogP contribution in [0.15, 0.2) is 0 Å². The van der Waals surface area contributed by atoms with Gasteiger partial charge in [0.05, 0.1) is 20.6 Å². The van der Waals surface area contributed by atoms with Gasteiger partial charge in [0.25, 0.3) is 0 Å². The Morgan fingerprint density at radius 1 is 1.50 bits per heavy atom. The first-order valence-corrected chi connectivity index (χ1v) is 2.80. The maximum atomic E-state index is 10.7. The molecule has 0 fully saturated rings. The zero-order valence-electron chi connectivity index (χ0n) is 5.55. The average molecular weight is 118 g/mol. The van der Waals surface area contributed by atoms with Crippen LogP contribution in [-0.2, 0) is 0 Å². The van der Waals surface area contributed by atoms with E-state index in [0.717, 1.165) is 6.42 Å². The molecule has 0 unspecified atom stereocenters. The molecule has 8 heavy (non-hydrogen) atoms. The van der Waals surface area contributed by atoms with E-state index in [0.29, 0.717) is 13.1 Å². The Morgan fingerprint density at radius 3 is 2.12 bits per heavy atom. The third kappa shape index (κ3) is 5.88. The summed E-state index contributed by atoms with van der Waals surface area (Å²) < 4.78 is -0.225. The van der Waals surface area contributed by atoms with E-state index in [4.69, 9.17) is 5.73 Å². The van der Waals surface area contributed by atoms with Crippen molar-refractivity contribution in [2.75, 3.05) is 27.2 Å². The van der Waals surface area contributed by atoms with Gasteiger partial charge in [-0.1, -0.05) is 0 Å². The highest BCUT2D eigenvalue weighted by Gasteiger charge is 1.97. The summed E-state index contributed by atoms with van der Waals surface area (Å²) in [4.78, 5) is 0. The van der Waals surface area contributed by atoms with Crippen LogP contribution >= 0.6 is 0 Å². The summed E-state index contributed by atoms with van der Waals surface area (Å²) >= 11 is 0. The van der Waals surface area contributed by atoms with Crippen LogP contribution in [0.25, 0.3) is 0 Å². The van der Waals surface area contributed by atoms with E-state index in [1.54, 1.807) is 14.1 Å². The van der Waals surface area contributed by atoms with Gasteiger partial charge in [-0.15, -0.1) is 0 Å². The van der Waals surface area contributed by atoms with Gasteiger partial charge in [0.1, 0.15) is 0 Å². The van der Waals surface area contributed by atoms with Crippen LogP contribution in [0, 0.1) is 5.21 Å². The monoisotopic (exact) mass is 118 g/mol. The molecule has 0 aromatic carbocycles. The second kappa shape index (κ2) is 3.02. The fourth-order valence-corrected chi connectivity index (χ4v) is 0.472. The summed E-state index contributed by atoms with van der Waals surface area (Å²) in [6, 6.07) is 0. The lowest BCUT2D eigenvalue weighted by molar-refractivity contribution is -0.840. The van der Waals surface area contributed by atoms with Crippen LogP contribution in [0.3, 0.4) is 0 Å². The minimum Gasteiger partial charge on any atom is -0.633 e. The van der Waals surface area contributed by atoms with Crippen molar-refractivity contribution in [1.29, 1.82) is 0 Å². The molecule has 50 valence electrons. The fraction of sp³-hybridized carbons (Fsp3) is 1.00. The molecule has 0 radical (unpaired) electrons. The third-order valence-electron chi connectivity index (χ3n) is 0.901. The number of rotatable bonds is 3. The molecule has 0 aliphatic heterocycles. The van der Waals surface area contributed by atoms with E-state index in [9.17, 15) is 5.21 Å². The SMILES string of the molecule is C[N+](C)([O-])CCCN. The Hall–Kier alpha value is -0.120. The number of hydrogen-bond acceptors (Lipinski definition) is 2. The molecule has 0 aromatic heterocycles. The molecule has 0 atom stereocenters. The molecule has 3 heteroatoms. The topological polar surface area (TPSA) is 49.1 Å². The highest BCUT2D eigenvalue weighted by Crippen LogP contribution is 1.92. The predicted octanol–water partition coefficient (Wildman–Crippen LogP) is -0.0906. The number of nitrogens with zero attached hydrogens (tertiary/aromatic N) is 1. The zero-order valence-corrected chi connectivity index (χ0v) is 5.55. The molecule has 0 bridgehead atoms. The third-order valence-corrected chi connectivity index (χ3v) is 0.901. The molecule has 0 spiro atoms. The Kier molecular flexibility index (Phi) is 2.97. The Morgan fingerprint density at radius 2 is 2.00 bits per heavy atom. The molecule has 0 heterocycles. The second-order valence-electron chi connectivity index (χ2n) is 2.44. The molecule has 0 aromatic rings. The van der Waals surface area contributed by atoms with Crippen molar-refractivity contribution < 1.29 is 4.65 Å². The fourth-order valence-electron chi connectivity index (χ4n) is 0.472. The van der Waals surface area contributed by atoms with Crippen molar-refractivity contribution in [2.45, 2.75) is 6.42 Å². The van der Waals surface area contributed by atoms with Crippen LogP contribution in [0.2, 0.25) is 0 Å². The first-order chi connectivity index (χ1) is 3.56. The molecule has 0 saturated heterocycles. The van der Waals surface area contributed by atoms with E-state index >= 15 is 0 Å². The van der Waals surface area contributed by atoms with Gasteiger partial charge in [-0.25, -0.2) is 0 Å². The van der Waals surface area contributed by atoms with Crippen molar-refractivity contribution in [3.63, 3.8) is 0 Å². The number of nitrogens with two attached hydrogens (primary N) is 1. The van der Waals surface area contributed by atoms with Crippen molar-refractivity contribution in [3.8, 4) is 0 Å². The number of hydroxylamine groups is 3. The Balaban J connectivity index is 3.11. The molecule has 0 saturated carbocycles. The van der Waals surface area contributed by atoms with E-state index < -0.39 is 0 Å². The lowest BCUT2D eigenvalue weighted by Gasteiger charge is -2.33. The van der Waals surface area contributed by atoms with Gasteiger partial charge in [0, 0.05) is 6.42 Å². The maximum absolute atomic E-state index is 10.7. The molecular weight excluding hydrogens is 104 g/mol. The summed E-state index contributed by atoms with van der Waals surface area (Å²) in [5, 5.41) is 10.7. The number of quaternary nitrogens is 1. The summed E-state index contributed by atoms with van der Waals surface area (Å²) in [5.41, 5.74) is 5.19. The van der Waals surface area contributed by atoms with Gasteiger partial charge in [-0.05, 0) is 6.54 Å². The van der Waals surface area contributed by atoms with E-state index in [2.05, 4.69) is 0 Å². The van der Waals surface area contributed by atoms with E-state index in [1.165, 1.54) is 0 Å². The minimum absolute atomic E-state index is 0.225. The smallest absolute Gasteiger partial charge is 0.0792 e. The molecule has 2 N–H and O–H groups in total. The zero-order chi connectivity index (χ0) is 6.62. The standard InChI is InChI=1S/C5H14N2O/c1-7(2,8)5-3-4-6/h3-6H2,1-2H3. The van der Waals surface area contributed by atoms with Crippen LogP contribution in [-0.4, -0.2) is 31.8 Å². The molecule has 0 aliphatic rings. The van der Waals surface area contributed by atoms with Crippen LogP contribution < -0.4 is 5.73 Å². The van der Waals surface area contributed by atoms with Crippen LogP contribution in [0.5, 0.6) is 0 Å². The normalized spacial score (nSPS) is 12.0. The van der Waals surface area contributed by atoms with Crippen LogP contribution in [0.4, 0.5) is 0 Å². The van der Waals surface area contributed by atoms with Crippen molar-refractivity contribution in [1.82, 2.24) is 0 Å². The molecule has 0 amide bonds. The van der Waals surface area contributed by atoms with Crippen LogP contribution in [0.1, 0.15) is 6.42 Å². The quantitative estimate of drug-likeness (QED) is 0.416. The second-order valence-corrected chi connectivity index (χ2v) is 2.44. The number of hydrogen-bond donors (Lipinski definition) is 1. The van der Waals surface area contributed by atoms with Crippen molar-refractivity contribution >= 4 is 0 Å². The van der Waals surface area contributed by atoms with Gasteiger partial charge in [0.2, 0.25) is 0 Å². The molecule has 0 rings (SSSR count). The van der Waals surface area contributed by atoms with Crippen molar-refractivity contribution in [3.05, 3.63) is 5.21 Å². The first kappa shape index (κ1) is 7.88. The summed E-state index contributed by atoms with van der Waals surface area (Å²) in [6.45, 7) is 1.24. The van der Waals surface area contributed by atoms with E-state index in [-0.39, 0.29) is 4.65 Å². The van der Waals surface area contributed by atoms with Gasteiger partial charge in [-0.3, -0.25) is 0 Å². The molecule has 3 nitrogen and oxygen atoms in total. The van der Waals surface area contributed by atoms with Gasteiger partial charge < -0.3 is 15.6 Å². The lowest BCUT2D eigenvalue weighted by Crippen LogP contribution is -2.34. The highest BCUT2D eigenvalue weighted by molar-refractivity contribution is 4.35. The van der Waals surface area contributed by atoms with Gasteiger partial charge >= 0.3 is 0 Å². The van der Waals surface area contributed by atoms with E-state index in [1.807, 2.05) is 0 Å². The first-order valence-electron chi connectivity index (χ1n) is 2.80. The van der Waals surface area contributed by atoms with Gasteiger partial charge in [0.15, 0.2) is 0 Å².